The molecule has 1 aliphatic heterocycles. The minimum absolute atomic E-state index is 0.0234. The molecule has 2 unspecified atom stereocenters. The van der Waals surface area contributed by atoms with E-state index in [9.17, 15) is 10.1 Å². The van der Waals surface area contributed by atoms with Crippen molar-refractivity contribution in [3.63, 3.8) is 0 Å². The molecule has 1 N–H and O–H groups in total. The van der Waals surface area contributed by atoms with E-state index in [0.717, 1.165) is 17.7 Å². The lowest BCUT2D eigenvalue weighted by molar-refractivity contribution is -0.385. The van der Waals surface area contributed by atoms with Crippen LogP contribution in [0, 0.1) is 10.1 Å². The molecule has 0 aromatic heterocycles. The molecule has 98 valence electrons. The fourth-order valence-corrected chi connectivity index (χ4v) is 3.42. The Morgan fingerprint density at radius 2 is 2.28 bits per heavy atom. The molecule has 2 atom stereocenters. The Morgan fingerprint density at radius 1 is 1.50 bits per heavy atom. The summed E-state index contributed by atoms with van der Waals surface area (Å²) in [6.45, 7) is 2.00. The van der Waals surface area contributed by atoms with Crippen molar-refractivity contribution in [2.45, 2.75) is 31.8 Å². The van der Waals surface area contributed by atoms with Gasteiger partial charge in [0.05, 0.1) is 4.92 Å². The number of para-hydroxylation sites is 1. The summed E-state index contributed by atoms with van der Waals surface area (Å²) < 4.78 is 0. The second kappa shape index (κ2) is 6.20. The first-order chi connectivity index (χ1) is 8.68. The Bertz CT molecular complexity index is 419. The van der Waals surface area contributed by atoms with Crippen molar-refractivity contribution in [1.82, 2.24) is 5.32 Å². The summed E-state index contributed by atoms with van der Waals surface area (Å²) in [6, 6.07) is 7.48. The number of nitro benzene ring substituents is 1. The van der Waals surface area contributed by atoms with Gasteiger partial charge in [0.2, 0.25) is 0 Å². The van der Waals surface area contributed by atoms with Crippen molar-refractivity contribution < 1.29 is 4.92 Å². The normalized spacial score (nSPS) is 21.5. The van der Waals surface area contributed by atoms with Crippen LogP contribution in [0.2, 0.25) is 0 Å². The number of hydrogen-bond acceptors (Lipinski definition) is 4. The molecule has 0 spiro atoms. The van der Waals surface area contributed by atoms with E-state index < -0.39 is 0 Å². The summed E-state index contributed by atoms with van der Waals surface area (Å²) >= 11 is 1.95. The van der Waals surface area contributed by atoms with Crippen LogP contribution in [-0.2, 0) is 0 Å². The van der Waals surface area contributed by atoms with Crippen LogP contribution < -0.4 is 5.32 Å². The van der Waals surface area contributed by atoms with E-state index in [1.54, 1.807) is 12.1 Å². The standard InChI is InChI=1S/C13H18N2O2S/c1-10(14-11-5-4-8-18-9-11)12-6-2-3-7-13(12)15(16)17/h2-3,6-7,10-11,14H,4-5,8-9H2,1H3. The third kappa shape index (κ3) is 3.23. The molecule has 0 radical (unpaired) electrons. The number of nitrogens with one attached hydrogen (secondary N) is 1. The van der Waals surface area contributed by atoms with E-state index in [4.69, 9.17) is 0 Å². The zero-order chi connectivity index (χ0) is 13.0. The molecule has 1 fully saturated rings. The number of hydrogen-bond donors (Lipinski definition) is 1. The molecule has 1 aromatic carbocycles. The minimum atomic E-state index is -0.302. The monoisotopic (exact) mass is 266 g/mol. The molecule has 2 rings (SSSR count). The van der Waals surface area contributed by atoms with Gasteiger partial charge in [-0.25, -0.2) is 0 Å². The highest BCUT2D eigenvalue weighted by Gasteiger charge is 2.21. The van der Waals surface area contributed by atoms with Crippen LogP contribution in [0.1, 0.15) is 31.4 Å². The van der Waals surface area contributed by atoms with Gasteiger partial charge in [0.1, 0.15) is 0 Å². The Balaban J connectivity index is 2.08. The van der Waals surface area contributed by atoms with E-state index in [1.165, 1.54) is 12.2 Å². The number of thioether (sulfide) groups is 1. The van der Waals surface area contributed by atoms with Gasteiger partial charge in [-0.2, -0.15) is 11.8 Å². The van der Waals surface area contributed by atoms with Crippen LogP contribution >= 0.6 is 11.8 Å². The molecule has 0 saturated carbocycles. The summed E-state index contributed by atoms with van der Waals surface area (Å²) in [6.07, 6.45) is 2.39. The van der Waals surface area contributed by atoms with E-state index in [1.807, 2.05) is 30.8 Å². The molecule has 0 aliphatic carbocycles. The van der Waals surface area contributed by atoms with Crippen LogP contribution in [0.5, 0.6) is 0 Å². The third-order valence-corrected chi connectivity index (χ3v) is 4.46. The number of benzene rings is 1. The van der Waals surface area contributed by atoms with Gasteiger partial charge >= 0.3 is 0 Å². The Morgan fingerprint density at radius 3 is 2.94 bits per heavy atom. The van der Waals surface area contributed by atoms with Crippen molar-refractivity contribution in [3.8, 4) is 0 Å². The van der Waals surface area contributed by atoms with Gasteiger partial charge < -0.3 is 5.32 Å². The molecule has 1 heterocycles. The van der Waals surface area contributed by atoms with Crippen LogP contribution in [0.3, 0.4) is 0 Å². The van der Waals surface area contributed by atoms with E-state index in [2.05, 4.69) is 5.32 Å². The van der Waals surface area contributed by atoms with Gasteiger partial charge in [-0.3, -0.25) is 10.1 Å². The van der Waals surface area contributed by atoms with Crippen molar-refractivity contribution in [2.24, 2.45) is 0 Å². The quantitative estimate of drug-likeness (QED) is 0.672. The van der Waals surface area contributed by atoms with Crippen LogP contribution in [0.15, 0.2) is 24.3 Å². The van der Waals surface area contributed by atoms with E-state index in [-0.39, 0.29) is 16.7 Å². The van der Waals surface area contributed by atoms with E-state index >= 15 is 0 Å². The third-order valence-electron chi connectivity index (χ3n) is 3.25. The van der Waals surface area contributed by atoms with Crippen LogP contribution in [-0.4, -0.2) is 22.5 Å². The maximum absolute atomic E-state index is 11.0. The smallest absolute Gasteiger partial charge is 0.274 e. The predicted octanol–water partition coefficient (Wildman–Crippen LogP) is 3.14. The first kappa shape index (κ1) is 13.4. The van der Waals surface area contributed by atoms with Crippen molar-refractivity contribution >= 4 is 17.4 Å². The van der Waals surface area contributed by atoms with Crippen molar-refractivity contribution in [3.05, 3.63) is 39.9 Å². The average Bonchev–Trinajstić information content (AvgIpc) is 2.40. The summed E-state index contributed by atoms with van der Waals surface area (Å²) in [4.78, 5) is 10.7. The van der Waals surface area contributed by atoms with Crippen molar-refractivity contribution in [1.29, 1.82) is 0 Å². The largest absolute Gasteiger partial charge is 0.306 e. The van der Waals surface area contributed by atoms with Gasteiger partial charge in [0.25, 0.3) is 5.69 Å². The number of nitrogens with zero attached hydrogens (tertiary/aromatic N) is 1. The second-order valence-electron chi connectivity index (χ2n) is 4.62. The van der Waals surface area contributed by atoms with E-state index in [0.29, 0.717) is 6.04 Å². The van der Waals surface area contributed by atoms with Crippen LogP contribution in [0.25, 0.3) is 0 Å². The zero-order valence-corrected chi connectivity index (χ0v) is 11.3. The number of nitro groups is 1. The highest BCUT2D eigenvalue weighted by molar-refractivity contribution is 7.99. The summed E-state index contributed by atoms with van der Waals surface area (Å²) in [5, 5.41) is 14.5. The summed E-state index contributed by atoms with van der Waals surface area (Å²) in [5.41, 5.74) is 0.985. The molecule has 0 bridgehead atoms. The lowest BCUT2D eigenvalue weighted by Gasteiger charge is -2.26. The Hall–Kier alpha value is -1.07. The molecular weight excluding hydrogens is 248 g/mol. The second-order valence-corrected chi connectivity index (χ2v) is 5.77. The molecule has 1 aliphatic rings. The first-order valence-corrected chi connectivity index (χ1v) is 7.41. The fourth-order valence-electron chi connectivity index (χ4n) is 2.34. The molecular formula is C13H18N2O2S. The van der Waals surface area contributed by atoms with Gasteiger partial charge in [-0.15, -0.1) is 0 Å². The lowest BCUT2D eigenvalue weighted by Crippen LogP contribution is -2.35. The van der Waals surface area contributed by atoms with Crippen LogP contribution in [0.4, 0.5) is 5.69 Å². The van der Waals surface area contributed by atoms with Gasteiger partial charge in [-0.05, 0) is 25.5 Å². The maximum atomic E-state index is 11.0. The number of rotatable bonds is 4. The predicted molar refractivity (Wildman–Crippen MR) is 75.0 cm³/mol. The molecule has 1 aromatic rings. The van der Waals surface area contributed by atoms with Gasteiger partial charge in [-0.1, -0.05) is 18.2 Å². The molecule has 5 heteroatoms. The van der Waals surface area contributed by atoms with Gasteiger partial charge in [0.15, 0.2) is 0 Å². The topological polar surface area (TPSA) is 55.2 Å². The SMILES string of the molecule is CC(NC1CCCSC1)c1ccccc1[N+](=O)[O-]. The first-order valence-electron chi connectivity index (χ1n) is 6.25. The highest BCUT2D eigenvalue weighted by Crippen LogP contribution is 2.26. The average molecular weight is 266 g/mol. The Kier molecular flexibility index (Phi) is 4.60. The zero-order valence-electron chi connectivity index (χ0n) is 10.5. The Labute approximate surface area is 111 Å². The fraction of sp³-hybridized carbons (Fsp3) is 0.538. The molecule has 4 nitrogen and oxygen atoms in total. The summed E-state index contributed by atoms with van der Waals surface area (Å²) in [5.74, 6) is 2.34. The highest BCUT2D eigenvalue weighted by atomic mass is 32.2. The lowest BCUT2D eigenvalue weighted by atomic mass is 10.0. The molecule has 18 heavy (non-hydrogen) atoms. The molecule has 0 amide bonds. The minimum Gasteiger partial charge on any atom is -0.306 e. The molecule has 1 saturated heterocycles. The van der Waals surface area contributed by atoms with Gasteiger partial charge in [0, 0.05) is 29.5 Å². The summed E-state index contributed by atoms with van der Waals surface area (Å²) in [7, 11) is 0. The maximum Gasteiger partial charge on any atom is 0.274 e. The van der Waals surface area contributed by atoms with Crippen molar-refractivity contribution in [2.75, 3.05) is 11.5 Å².